The van der Waals surface area contributed by atoms with Gasteiger partial charge in [-0.05, 0) is 46.5 Å². The Balaban J connectivity index is 1.73. The fraction of sp³-hybridized carbons (Fsp3) is 0.789. The van der Waals surface area contributed by atoms with Gasteiger partial charge in [-0.2, -0.15) is 0 Å². The molecule has 3 amide bonds. The van der Waals surface area contributed by atoms with Gasteiger partial charge in [0.25, 0.3) is 5.91 Å². The molecule has 0 unspecified atom stereocenters. The summed E-state index contributed by atoms with van der Waals surface area (Å²) in [5.74, 6) is -1.84. The van der Waals surface area contributed by atoms with Gasteiger partial charge in [0.1, 0.15) is 5.60 Å². The van der Waals surface area contributed by atoms with Crippen molar-refractivity contribution in [1.82, 2.24) is 9.80 Å². The van der Waals surface area contributed by atoms with Crippen molar-refractivity contribution in [2.24, 2.45) is 17.6 Å². The zero-order chi connectivity index (χ0) is 20.9. The van der Waals surface area contributed by atoms with Gasteiger partial charge in [-0.3, -0.25) is 14.4 Å². The van der Waals surface area contributed by atoms with E-state index in [0.717, 1.165) is 0 Å². The van der Waals surface area contributed by atoms with Gasteiger partial charge in [0.2, 0.25) is 5.91 Å². The largest absolute Gasteiger partial charge is 0.455 e. The van der Waals surface area contributed by atoms with Crippen molar-refractivity contribution in [3.8, 4) is 0 Å². The third kappa shape index (κ3) is 6.38. The molecule has 9 nitrogen and oxygen atoms in total. The molecule has 2 fully saturated rings. The Morgan fingerprint density at radius 1 is 0.964 bits per heavy atom. The first kappa shape index (κ1) is 22.0. The van der Waals surface area contributed by atoms with E-state index in [-0.39, 0.29) is 37.0 Å². The topological polar surface area (TPSA) is 119 Å². The minimum absolute atomic E-state index is 0.278. The molecule has 2 N–H and O–H groups in total. The summed E-state index contributed by atoms with van der Waals surface area (Å²) >= 11 is 0. The van der Waals surface area contributed by atoms with Crippen LogP contribution in [0.4, 0.5) is 4.79 Å². The predicted octanol–water partition coefficient (Wildman–Crippen LogP) is 0.901. The lowest BCUT2D eigenvalue weighted by atomic mass is 9.97. The number of hydrogen-bond acceptors (Lipinski definition) is 6. The van der Waals surface area contributed by atoms with Gasteiger partial charge in [0.05, 0.1) is 11.8 Å². The zero-order valence-corrected chi connectivity index (χ0v) is 16.9. The minimum atomic E-state index is -0.560. The smallest absolute Gasteiger partial charge is 0.410 e. The summed E-state index contributed by atoms with van der Waals surface area (Å²) in [7, 11) is 0. The number of nitrogens with two attached hydrogens (primary N) is 1. The van der Waals surface area contributed by atoms with Crippen LogP contribution in [0.1, 0.15) is 46.5 Å². The third-order valence-corrected chi connectivity index (χ3v) is 4.99. The first-order valence-corrected chi connectivity index (χ1v) is 9.78. The molecule has 0 aliphatic carbocycles. The molecule has 0 saturated carbocycles. The van der Waals surface area contributed by atoms with Crippen molar-refractivity contribution < 1.29 is 28.7 Å². The van der Waals surface area contributed by atoms with Crippen molar-refractivity contribution >= 4 is 23.9 Å². The number of piperidine rings is 2. The molecule has 2 heterocycles. The molecule has 2 aliphatic heterocycles. The molecule has 0 spiro atoms. The zero-order valence-electron chi connectivity index (χ0n) is 16.9. The Hall–Kier alpha value is -2.32. The fourth-order valence-electron chi connectivity index (χ4n) is 3.40. The number of esters is 1. The average Bonchev–Trinajstić information content (AvgIpc) is 2.64. The van der Waals surface area contributed by atoms with E-state index in [1.54, 1.807) is 25.7 Å². The van der Waals surface area contributed by atoms with E-state index >= 15 is 0 Å². The molecule has 28 heavy (non-hydrogen) atoms. The number of hydrogen-bond donors (Lipinski definition) is 1. The number of carbonyl (C=O) groups excluding carboxylic acids is 4. The molecule has 0 bridgehead atoms. The van der Waals surface area contributed by atoms with Gasteiger partial charge in [-0.1, -0.05) is 0 Å². The third-order valence-electron chi connectivity index (χ3n) is 4.99. The lowest BCUT2D eigenvalue weighted by molar-refractivity contribution is -0.157. The summed E-state index contributed by atoms with van der Waals surface area (Å²) in [6, 6.07) is 0. The molecule has 0 aromatic heterocycles. The second kappa shape index (κ2) is 9.25. The highest BCUT2D eigenvalue weighted by Gasteiger charge is 2.32. The highest BCUT2D eigenvalue weighted by Crippen LogP contribution is 2.21. The van der Waals surface area contributed by atoms with Crippen LogP contribution >= 0.6 is 0 Å². The van der Waals surface area contributed by atoms with Crippen LogP contribution in [0.25, 0.3) is 0 Å². The van der Waals surface area contributed by atoms with Crippen molar-refractivity contribution in [2.45, 2.75) is 52.1 Å². The van der Waals surface area contributed by atoms with Crippen LogP contribution in [0, 0.1) is 11.8 Å². The van der Waals surface area contributed by atoms with E-state index in [2.05, 4.69) is 0 Å². The molecule has 0 aromatic rings. The van der Waals surface area contributed by atoms with Crippen molar-refractivity contribution in [3.05, 3.63) is 0 Å². The Bertz CT molecular complexity index is 607. The number of amides is 3. The van der Waals surface area contributed by atoms with Crippen LogP contribution in [0.5, 0.6) is 0 Å². The molecule has 158 valence electrons. The van der Waals surface area contributed by atoms with Gasteiger partial charge in [-0.25, -0.2) is 4.79 Å². The first-order valence-electron chi connectivity index (χ1n) is 9.78. The second-order valence-corrected chi connectivity index (χ2v) is 8.43. The Kier molecular flexibility index (Phi) is 7.26. The van der Waals surface area contributed by atoms with E-state index in [4.69, 9.17) is 15.2 Å². The summed E-state index contributed by atoms with van der Waals surface area (Å²) in [6.45, 7) is 6.72. The van der Waals surface area contributed by atoms with Gasteiger partial charge in [-0.15, -0.1) is 0 Å². The summed E-state index contributed by atoms with van der Waals surface area (Å²) in [5.41, 5.74) is 4.76. The predicted molar refractivity (Wildman–Crippen MR) is 100.0 cm³/mol. The van der Waals surface area contributed by atoms with Gasteiger partial charge in [0.15, 0.2) is 6.61 Å². The number of carbonyl (C=O) groups is 4. The van der Waals surface area contributed by atoms with Crippen LogP contribution in [-0.2, 0) is 23.9 Å². The number of ether oxygens (including phenoxy) is 2. The van der Waals surface area contributed by atoms with Crippen LogP contribution in [0.15, 0.2) is 0 Å². The minimum Gasteiger partial charge on any atom is -0.455 e. The van der Waals surface area contributed by atoms with Crippen LogP contribution in [-0.4, -0.2) is 72.1 Å². The van der Waals surface area contributed by atoms with E-state index in [9.17, 15) is 19.2 Å². The molecular weight excluding hydrogens is 366 g/mol. The van der Waals surface area contributed by atoms with Crippen LogP contribution < -0.4 is 5.73 Å². The van der Waals surface area contributed by atoms with E-state index < -0.39 is 17.5 Å². The van der Waals surface area contributed by atoms with E-state index in [0.29, 0.717) is 45.3 Å². The van der Waals surface area contributed by atoms with Crippen molar-refractivity contribution in [2.75, 3.05) is 32.8 Å². The maximum absolute atomic E-state index is 12.3. The van der Waals surface area contributed by atoms with Gasteiger partial charge < -0.3 is 25.0 Å². The van der Waals surface area contributed by atoms with Crippen molar-refractivity contribution in [1.29, 1.82) is 0 Å². The fourth-order valence-corrected chi connectivity index (χ4v) is 3.40. The quantitative estimate of drug-likeness (QED) is 0.704. The maximum atomic E-state index is 12.3. The summed E-state index contributed by atoms with van der Waals surface area (Å²) in [6.07, 6.45) is 1.94. The normalized spacial score (nSPS) is 21.2. The second-order valence-electron chi connectivity index (χ2n) is 8.43. The number of primary amides is 1. The van der Waals surface area contributed by atoms with E-state index in [1.807, 2.05) is 0 Å². The highest BCUT2D eigenvalue weighted by atomic mass is 16.6. The summed E-state index contributed by atoms with van der Waals surface area (Å²) < 4.78 is 10.5. The van der Waals surface area contributed by atoms with Crippen molar-refractivity contribution in [3.63, 3.8) is 0 Å². The van der Waals surface area contributed by atoms with Gasteiger partial charge >= 0.3 is 12.1 Å². The molecule has 2 saturated heterocycles. The molecule has 2 rings (SSSR count). The standard InChI is InChI=1S/C19H31N3O6/c1-19(2,3)28-18(26)21-9-6-13(7-10-21)17(25)27-12-15(23)22-8-4-5-14(11-22)16(20)24/h13-14H,4-12H2,1-3H3,(H2,20,24)/t14-/m1/s1. The Morgan fingerprint density at radius 3 is 2.18 bits per heavy atom. The molecule has 9 heteroatoms. The number of nitrogens with zero attached hydrogens (tertiary/aromatic N) is 2. The molecule has 2 aliphatic rings. The molecule has 1 atom stereocenters. The molecular formula is C19H31N3O6. The lowest BCUT2D eigenvalue weighted by Crippen LogP contribution is -2.46. The maximum Gasteiger partial charge on any atom is 0.410 e. The van der Waals surface area contributed by atoms with Crippen LogP contribution in [0.2, 0.25) is 0 Å². The molecule has 0 aromatic carbocycles. The molecule has 0 radical (unpaired) electrons. The van der Waals surface area contributed by atoms with Crippen LogP contribution in [0.3, 0.4) is 0 Å². The Labute approximate surface area is 165 Å². The lowest BCUT2D eigenvalue weighted by Gasteiger charge is -2.33. The van der Waals surface area contributed by atoms with E-state index in [1.165, 1.54) is 4.90 Å². The number of likely N-dealkylation sites (tertiary alicyclic amines) is 2. The van der Waals surface area contributed by atoms with Gasteiger partial charge in [0, 0.05) is 26.2 Å². The monoisotopic (exact) mass is 397 g/mol. The SMILES string of the molecule is CC(C)(C)OC(=O)N1CCC(C(=O)OCC(=O)N2CCC[C@@H](C(N)=O)C2)CC1. The summed E-state index contributed by atoms with van der Waals surface area (Å²) in [4.78, 5) is 51.0. The Morgan fingerprint density at radius 2 is 1.61 bits per heavy atom. The average molecular weight is 397 g/mol. The summed E-state index contributed by atoms with van der Waals surface area (Å²) in [5, 5.41) is 0. The highest BCUT2D eigenvalue weighted by molar-refractivity contribution is 5.83. The first-order chi connectivity index (χ1) is 13.1. The number of rotatable bonds is 4.